The van der Waals surface area contributed by atoms with Crippen molar-refractivity contribution < 1.29 is 14.9 Å². The summed E-state index contributed by atoms with van der Waals surface area (Å²) in [6, 6.07) is 19.2. The number of hydrogen-bond donors (Lipinski definition) is 1. The number of nitrogens with zero attached hydrogens (tertiary/aromatic N) is 1. The Morgan fingerprint density at radius 2 is 1.83 bits per heavy atom. The van der Waals surface area contributed by atoms with Crippen LogP contribution in [0.5, 0.6) is 0 Å². The number of carbonyl (C=O) groups excluding carboxylic acids is 1. The molecule has 0 unspecified atom stereocenters. The quantitative estimate of drug-likeness (QED) is 0.609. The van der Waals surface area contributed by atoms with E-state index in [1.54, 1.807) is 6.07 Å². The van der Waals surface area contributed by atoms with Crippen LogP contribution in [-0.4, -0.2) is 15.9 Å². The molecule has 0 radical (unpaired) electrons. The molecule has 2 aromatic heterocycles. The summed E-state index contributed by atoms with van der Waals surface area (Å²) in [5, 5.41) is 11.4. The van der Waals surface area contributed by atoms with Crippen molar-refractivity contribution in [3.05, 3.63) is 72.7 Å². The number of imidazole rings is 1. The van der Waals surface area contributed by atoms with Crippen LogP contribution in [0.2, 0.25) is 0 Å². The van der Waals surface area contributed by atoms with E-state index in [0.29, 0.717) is 5.69 Å². The number of benzene rings is 2. The molecular formula is C18H15N3O2. The van der Waals surface area contributed by atoms with E-state index in [1.807, 2.05) is 60.9 Å². The molecule has 114 valence electrons. The Labute approximate surface area is 132 Å². The maximum atomic E-state index is 10.4. The van der Waals surface area contributed by atoms with Gasteiger partial charge in [0, 0.05) is 23.5 Å². The highest BCUT2D eigenvalue weighted by Gasteiger charge is 1.97. The Kier molecular flexibility index (Phi) is 4.29. The van der Waals surface area contributed by atoms with Crippen LogP contribution in [0.25, 0.3) is 21.9 Å². The lowest BCUT2D eigenvalue weighted by Gasteiger charge is -2.03. The number of para-hydroxylation sites is 3. The molecule has 0 spiro atoms. The van der Waals surface area contributed by atoms with Gasteiger partial charge in [0.25, 0.3) is 0 Å². The number of hydrogen-bond acceptors (Lipinski definition) is 3. The lowest BCUT2D eigenvalue weighted by molar-refractivity contribution is -0.344. The largest absolute Gasteiger partial charge is 0.550 e. The zero-order chi connectivity index (χ0) is 16.1. The monoisotopic (exact) mass is 305 g/mol. The van der Waals surface area contributed by atoms with Crippen molar-refractivity contribution in [3.8, 4) is 0 Å². The van der Waals surface area contributed by atoms with Crippen molar-refractivity contribution in [2.75, 3.05) is 0 Å². The van der Waals surface area contributed by atoms with E-state index in [2.05, 4.69) is 15.0 Å². The van der Waals surface area contributed by atoms with E-state index < -0.39 is 5.97 Å². The van der Waals surface area contributed by atoms with E-state index in [9.17, 15) is 9.90 Å². The summed E-state index contributed by atoms with van der Waals surface area (Å²) < 4.78 is 0. The van der Waals surface area contributed by atoms with E-state index in [-0.39, 0.29) is 6.42 Å². The van der Waals surface area contributed by atoms with Crippen LogP contribution in [0.1, 0.15) is 5.69 Å². The molecule has 0 bridgehead atoms. The molecule has 23 heavy (non-hydrogen) atoms. The number of aliphatic carboxylic acids is 1. The zero-order valence-electron chi connectivity index (χ0n) is 12.3. The summed E-state index contributed by atoms with van der Waals surface area (Å²) in [6.07, 6.45) is 1.69. The molecule has 0 fully saturated rings. The molecule has 0 amide bonds. The first kappa shape index (κ1) is 14.7. The number of aromatic nitrogens is 3. The van der Waals surface area contributed by atoms with Gasteiger partial charge in [-0.15, -0.1) is 0 Å². The molecule has 0 atom stereocenters. The van der Waals surface area contributed by atoms with Crippen molar-refractivity contribution in [3.63, 3.8) is 0 Å². The van der Waals surface area contributed by atoms with Crippen molar-refractivity contribution in [1.82, 2.24) is 9.97 Å². The highest BCUT2D eigenvalue weighted by atomic mass is 16.4. The van der Waals surface area contributed by atoms with Gasteiger partial charge in [0.05, 0.1) is 5.52 Å². The summed E-state index contributed by atoms with van der Waals surface area (Å²) in [7, 11) is 0. The fourth-order valence-electron chi connectivity index (χ4n) is 2.28. The molecule has 5 nitrogen and oxygen atoms in total. The standard InChI is InChI=1S/C11H9NO2.C7H6N2/c13-11(14)7-9-6-5-8-3-1-2-4-10(8)12-9;1-2-4-7-6(3-1)8-5-9-7/h1-6H,7H2,(H,13,14);1-5H,(H,8,9). The first-order valence-corrected chi connectivity index (χ1v) is 7.21. The molecule has 2 heterocycles. The summed E-state index contributed by atoms with van der Waals surface area (Å²) in [5.74, 6) is -1.10. The predicted molar refractivity (Wildman–Crippen MR) is 85.3 cm³/mol. The molecule has 0 saturated heterocycles. The smallest absolute Gasteiger partial charge is 0.240 e. The molecule has 0 aliphatic rings. The van der Waals surface area contributed by atoms with Crippen molar-refractivity contribution in [2.24, 2.45) is 0 Å². The normalized spacial score (nSPS) is 10.3. The minimum absolute atomic E-state index is 0.134. The van der Waals surface area contributed by atoms with Gasteiger partial charge in [0.15, 0.2) is 11.0 Å². The van der Waals surface area contributed by atoms with Crippen LogP contribution >= 0.6 is 0 Å². The van der Waals surface area contributed by atoms with Crippen LogP contribution in [0.3, 0.4) is 0 Å². The predicted octanol–water partition coefficient (Wildman–Crippen LogP) is 1.51. The topological polar surface area (TPSA) is 82.9 Å². The third-order valence-corrected chi connectivity index (χ3v) is 3.36. The average molecular weight is 305 g/mol. The van der Waals surface area contributed by atoms with Gasteiger partial charge >= 0.3 is 0 Å². The summed E-state index contributed by atoms with van der Waals surface area (Å²) >= 11 is 0. The van der Waals surface area contributed by atoms with Gasteiger partial charge in [-0.25, -0.2) is 9.97 Å². The molecule has 4 aromatic rings. The van der Waals surface area contributed by atoms with Gasteiger partial charge in [-0.2, -0.15) is 0 Å². The van der Waals surface area contributed by atoms with E-state index >= 15 is 0 Å². The first-order chi connectivity index (χ1) is 11.2. The number of carboxylic acid groups (broad SMARTS) is 1. The second-order valence-electron chi connectivity index (χ2n) is 5.02. The Balaban J connectivity index is 0.000000149. The number of aromatic amines is 2. The maximum absolute atomic E-state index is 10.4. The van der Waals surface area contributed by atoms with Crippen molar-refractivity contribution >= 4 is 27.9 Å². The van der Waals surface area contributed by atoms with E-state index in [4.69, 9.17) is 0 Å². The number of rotatable bonds is 2. The Morgan fingerprint density at radius 1 is 1.04 bits per heavy atom. The second kappa shape index (κ2) is 6.70. The number of H-pyrrole nitrogens is 2. The zero-order valence-corrected chi connectivity index (χ0v) is 12.3. The molecule has 0 saturated carbocycles. The lowest BCUT2D eigenvalue weighted by atomic mass is 10.2. The van der Waals surface area contributed by atoms with Gasteiger partial charge in [-0.1, -0.05) is 36.4 Å². The van der Waals surface area contributed by atoms with Crippen LogP contribution in [0.4, 0.5) is 0 Å². The number of pyridine rings is 1. The number of fused-ring (bicyclic) bond motifs is 2. The second-order valence-corrected chi connectivity index (χ2v) is 5.02. The van der Waals surface area contributed by atoms with Gasteiger partial charge in [0.2, 0.25) is 6.33 Å². The minimum atomic E-state index is -1.10. The van der Waals surface area contributed by atoms with Gasteiger partial charge < -0.3 is 9.90 Å². The third kappa shape index (κ3) is 3.71. The van der Waals surface area contributed by atoms with Crippen molar-refractivity contribution in [1.29, 1.82) is 0 Å². The fraction of sp³-hybridized carbons (Fsp3) is 0.0556. The van der Waals surface area contributed by atoms with E-state index in [1.165, 1.54) is 0 Å². The number of carboxylic acids is 1. The highest BCUT2D eigenvalue weighted by molar-refractivity contribution is 5.79. The molecule has 2 aromatic carbocycles. The van der Waals surface area contributed by atoms with Crippen LogP contribution < -0.4 is 10.1 Å². The number of nitrogens with one attached hydrogen (secondary N) is 2. The first-order valence-electron chi connectivity index (χ1n) is 7.21. The van der Waals surface area contributed by atoms with Crippen LogP contribution in [0.15, 0.2) is 67.0 Å². The molecule has 2 N–H and O–H groups in total. The highest BCUT2D eigenvalue weighted by Crippen LogP contribution is 2.11. The molecule has 0 aliphatic carbocycles. The minimum Gasteiger partial charge on any atom is -0.550 e. The fourth-order valence-corrected chi connectivity index (χ4v) is 2.28. The molecule has 5 heteroatoms. The van der Waals surface area contributed by atoms with Gasteiger partial charge in [0.1, 0.15) is 0 Å². The number of carbonyl (C=O) groups is 1. The molecule has 4 rings (SSSR count). The SMILES string of the molecule is O=C([O-])Cc1ccc2ccccc2n1.c1ccc2[nH+]c[nH]c2c1. The van der Waals surface area contributed by atoms with Crippen LogP contribution in [-0.2, 0) is 11.2 Å². The van der Waals surface area contributed by atoms with Crippen LogP contribution in [0, 0.1) is 0 Å². The lowest BCUT2D eigenvalue weighted by Crippen LogP contribution is -2.24. The molecule has 0 aliphatic heterocycles. The Bertz CT molecular complexity index is 917. The van der Waals surface area contributed by atoms with E-state index in [0.717, 1.165) is 21.9 Å². The summed E-state index contributed by atoms with van der Waals surface area (Å²) in [4.78, 5) is 20.7. The summed E-state index contributed by atoms with van der Waals surface area (Å²) in [6.45, 7) is 0. The van der Waals surface area contributed by atoms with Gasteiger partial charge in [-0.05, 0) is 24.3 Å². The Morgan fingerprint density at radius 3 is 2.65 bits per heavy atom. The average Bonchev–Trinajstić information content (AvgIpc) is 3.03. The third-order valence-electron chi connectivity index (χ3n) is 3.36. The summed E-state index contributed by atoms with van der Waals surface area (Å²) in [5.41, 5.74) is 3.64. The Hall–Kier alpha value is -3.21. The van der Waals surface area contributed by atoms with Gasteiger partial charge in [-0.3, -0.25) is 4.98 Å². The van der Waals surface area contributed by atoms with Crippen molar-refractivity contribution in [2.45, 2.75) is 6.42 Å². The maximum Gasteiger partial charge on any atom is 0.240 e. The molecular weight excluding hydrogens is 290 g/mol.